The van der Waals surface area contributed by atoms with Crippen molar-refractivity contribution in [3.8, 4) is 0 Å². The summed E-state index contributed by atoms with van der Waals surface area (Å²) in [5, 5.41) is 8.99. The monoisotopic (exact) mass is 289 g/mol. The van der Waals surface area contributed by atoms with Gasteiger partial charge in [-0.3, -0.25) is 9.69 Å². The van der Waals surface area contributed by atoms with E-state index in [1.165, 1.54) is 21.6 Å². The minimum atomic E-state index is -1.02. The van der Waals surface area contributed by atoms with E-state index in [0.29, 0.717) is 18.7 Å². The molecule has 0 spiro atoms. The number of carboxylic acids is 1. The predicted octanol–water partition coefficient (Wildman–Crippen LogP) is 0.152. The third-order valence-electron chi connectivity index (χ3n) is 2.95. The van der Waals surface area contributed by atoms with Crippen molar-refractivity contribution < 1.29 is 19.5 Å². The lowest BCUT2D eigenvalue weighted by molar-refractivity contribution is -0.141. The number of carbonyl (C=O) groups is 3. The van der Waals surface area contributed by atoms with Gasteiger partial charge in [-0.15, -0.1) is 11.8 Å². The van der Waals surface area contributed by atoms with E-state index in [1.807, 2.05) is 6.92 Å². The van der Waals surface area contributed by atoms with Crippen LogP contribution in [-0.2, 0) is 9.59 Å². The molecule has 0 radical (unpaired) electrons. The summed E-state index contributed by atoms with van der Waals surface area (Å²) in [7, 11) is 0. The van der Waals surface area contributed by atoms with Crippen molar-refractivity contribution in [1.82, 2.24) is 9.80 Å². The summed E-state index contributed by atoms with van der Waals surface area (Å²) in [6, 6.07) is -1.28. The van der Waals surface area contributed by atoms with E-state index in [4.69, 9.17) is 10.8 Å². The van der Waals surface area contributed by atoms with E-state index < -0.39 is 23.9 Å². The van der Waals surface area contributed by atoms with Crippen LogP contribution in [0.25, 0.3) is 0 Å². The van der Waals surface area contributed by atoms with Gasteiger partial charge in [-0.2, -0.15) is 0 Å². The predicted molar refractivity (Wildman–Crippen MR) is 71.6 cm³/mol. The number of hydrogen-bond donors (Lipinski definition) is 2. The lowest BCUT2D eigenvalue weighted by atomic mass is 10.2. The molecule has 0 aromatic carbocycles. The minimum absolute atomic E-state index is 0.171. The highest BCUT2D eigenvalue weighted by Crippen LogP contribution is 2.32. The fourth-order valence-electron chi connectivity index (χ4n) is 1.99. The smallest absolute Gasteiger partial charge is 0.327 e. The van der Waals surface area contributed by atoms with Gasteiger partial charge in [0.2, 0.25) is 5.91 Å². The number of aliphatic carboxylic acids is 1. The van der Waals surface area contributed by atoms with Crippen molar-refractivity contribution in [3.63, 3.8) is 0 Å². The number of primary amides is 1. The van der Waals surface area contributed by atoms with Crippen LogP contribution < -0.4 is 5.73 Å². The minimum Gasteiger partial charge on any atom is -0.480 e. The number of hydrogen-bond acceptors (Lipinski definition) is 4. The molecular formula is C11H19N3O4S. The van der Waals surface area contributed by atoms with Crippen LogP contribution in [-0.4, -0.2) is 63.1 Å². The van der Waals surface area contributed by atoms with Crippen molar-refractivity contribution in [1.29, 1.82) is 0 Å². The van der Waals surface area contributed by atoms with Crippen LogP contribution in [0.1, 0.15) is 20.3 Å². The molecule has 1 heterocycles. The van der Waals surface area contributed by atoms with Gasteiger partial charge in [0.1, 0.15) is 12.6 Å². The summed E-state index contributed by atoms with van der Waals surface area (Å²) >= 11 is 1.44. The molecule has 7 nitrogen and oxygen atoms in total. The van der Waals surface area contributed by atoms with E-state index >= 15 is 0 Å². The highest BCUT2D eigenvalue weighted by atomic mass is 32.2. The van der Waals surface area contributed by atoms with Crippen LogP contribution in [0.5, 0.6) is 0 Å². The van der Waals surface area contributed by atoms with Crippen molar-refractivity contribution in [3.05, 3.63) is 0 Å². The summed E-state index contributed by atoms with van der Waals surface area (Å²) in [5.41, 5.74) is 5.09. The Labute approximate surface area is 116 Å². The van der Waals surface area contributed by atoms with Gasteiger partial charge in [-0.25, -0.2) is 9.59 Å². The Kier molecular flexibility index (Phi) is 5.46. The van der Waals surface area contributed by atoms with Crippen LogP contribution in [0.15, 0.2) is 0 Å². The zero-order valence-corrected chi connectivity index (χ0v) is 11.9. The molecule has 1 aliphatic heterocycles. The van der Waals surface area contributed by atoms with E-state index in [-0.39, 0.29) is 11.9 Å². The molecule has 2 atom stereocenters. The first-order chi connectivity index (χ1) is 8.92. The first kappa shape index (κ1) is 15.6. The van der Waals surface area contributed by atoms with Gasteiger partial charge >= 0.3 is 12.0 Å². The maximum atomic E-state index is 12.4. The number of carbonyl (C=O) groups excluding carboxylic acids is 2. The first-order valence-electron chi connectivity index (χ1n) is 6.12. The summed E-state index contributed by atoms with van der Waals surface area (Å²) in [5.74, 6) is -1.26. The van der Waals surface area contributed by atoms with Crippen molar-refractivity contribution >= 4 is 29.7 Å². The molecule has 1 saturated heterocycles. The normalized spacial score (nSPS) is 22.3. The van der Waals surface area contributed by atoms with Gasteiger partial charge in [-0.1, -0.05) is 6.92 Å². The van der Waals surface area contributed by atoms with E-state index in [1.54, 1.807) is 6.92 Å². The second-order valence-electron chi connectivity index (χ2n) is 4.22. The standard InChI is InChI=1S/C11H19N3O4S/c1-3-9-14(7(6-19-9)10(16)17)11(18)13(4-2)5-8(12)15/h7,9H,3-6H2,1-2H3,(H2,12,15)(H,16,17). The molecule has 2 unspecified atom stereocenters. The molecule has 0 aliphatic carbocycles. The Morgan fingerprint density at radius 2 is 2.05 bits per heavy atom. The Hall–Kier alpha value is -1.44. The number of amides is 3. The van der Waals surface area contributed by atoms with Crippen LogP contribution in [0, 0.1) is 0 Å². The SMILES string of the molecule is CCC1SCC(C(=O)O)N1C(=O)N(CC)CC(N)=O. The Morgan fingerprint density at radius 1 is 1.42 bits per heavy atom. The van der Waals surface area contributed by atoms with Crippen molar-refractivity contribution in [2.75, 3.05) is 18.8 Å². The molecule has 3 amide bonds. The van der Waals surface area contributed by atoms with E-state index in [2.05, 4.69) is 0 Å². The number of urea groups is 1. The van der Waals surface area contributed by atoms with E-state index in [0.717, 1.165) is 0 Å². The first-order valence-corrected chi connectivity index (χ1v) is 7.17. The number of nitrogens with two attached hydrogens (primary N) is 1. The molecule has 1 rings (SSSR count). The number of rotatable bonds is 5. The molecule has 3 N–H and O–H groups in total. The van der Waals surface area contributed by atoms with Crippen molar-refractivity contribution in [2.45, 2.75) is 31.7 Å². The number of likely N-dealkylation sites (N-methyl/N-ethyl adjacent to an activating group) is 1. The second kappa shape index (κ2) is 6.65. The van der Waals surface area contributed by atoms with Gasteiger partial charge in [0, 0.05) is 12.3 Å². The number of nitrogens with zero attached hydrogens (tertiary/aromatic N) is 2. The molecular weight excluding hydrogens is 270 g/mol. The Balaban J connectivity index is 2.90. The van der Waals surface area contributed by atoms with Crippen molar-refractivity contribution in [2.24, 2.45) is 5.73 Å². The average molecular weight is 289 g/mol. The summed E-state index contributed by atoms with van der Waals surface area (Å²) < 4.78 is 0. The van der Waals surface area contributed by atoms with Crippen LogP contribution >= 0.6 is 11.8 Å². The van der Waals surface area contributed by atoms with E-state index in [9.17, 15) is 14.4 Å². The molecule has 1 fully saturated rings. The zero-order chi connectivity index (χ0) is 14.6. The summed E-state index contributed by atoms with van der Waals surface area (Å²) in [4.78, 5) is 37.1. The quantitative estimate of drug-likeness (QED) is 0.750. The molecule has 108 valence electrons. The fourth-order valence-corrected chi connectivity index (χ4v) is 3.33. The molecule has 0 aromatic heterocycles. The maximum Gasteiger partial charge on any atom is 0.327 e. The summed E-state index contributed by atoms with van der Waals surface area (Å²) in [6.45, 7) is 3.73. The molecule has 0 saturated carbocycles. The molecule has 0 bridgehead atoms. The highest BCUT2D eigenvalue weighted by Gasteiger charge is 2.42. The maximum absolute atomic E-state index is 12.4. The average Bonchev–Trinajstić information content (AvgIpc) is 2.78. The largest absolute Gasteiger partial charge is 0.480 e. The van der Waals surface area contributed by atoms with Gasteiger partial charge in [-0.05, 0) is 13.3 Å². The van der Waals surface area contributed by atoms with Crippen LogP contribution in [0.4, 0.5) is 4.79 Å². The molecule has 8 heteroatoms. The molecule has 1 aliphatic rings. The Bertz CT molecular complexity index is 377. The number of carboxylic acid groups (broad SMARTS) is 1. The van der Waals surface area contributed by atoms with Gasteiger partial charge in [0.15, 0.2) is 0 Å². The van der Waals surface area contributed by atoms with Gasteiger partial charge < -0.3 is 15.7 Å². The fraction of sp³-hybridized carbons (Fsp3) is 0.727. The second-order valence-corrected chi connectivity index (χ2v) is 5.43. The van der Waals surface area contributed by atoms with Gasteiger partial charge in [0.25, 0.3) is 0 Å². The summed E-state index contributed by atoms with van der Waals surface area (Å²) in [6.07, 6.45) is 0.661. The van der Waals surface area contributed by atoms with Crippen LogP contribution in [0.2, 0.25) is 0 Å². The third kappa shape index (κ3) is 3.52. The van der Waals surface area contributed by atoms with Crippen LogP contribution in [0.3, 0.4) is 0 Å². The highest BCUT2D eigenvalue weighted by molar-refractivity contribution is 8.00. The lowest BCUT2D eigenvalue weighted by Crippen LogP contribution is -2.53. The molecule has 0 aromatic rings. The zero-order valence-electron chi connectivity index (χ0n) is 11.0. The topological polar surface area (TPSA) is 104 Å². The number of thioether (sulfide) groups is 1. The molecule has 19 heavy (non-hydrogen) atoms. The van der Waals surface area contributed by atoms with Gasteiger partial charge in [0.05, 0.1) is 5.37 Å². The Morgan fingerprint density at radius 3 is 2.47 bits per heavy atom. The lowest BCUT2D eigenvalue weighted by Gasteiger charge is -2.32. The third-order valence-corrected chi connectivity index (χ3v) is 4.40.